The van der Waals surface area contributed by atoms with Gasteiger partial charge >= 0.3 is 5.97 Å². The molecule has 32 heavy (non-hydrogen) atoms. The third kappa shape index (κ3) is 8.54. The summed E-state index contributed by atoms with van der Waals surface area (Å²) in [5.74, 6) is -6.05. The molecule has 5 atom stereocenters. The van der Waals surface area contributed by atoms with Gasteiger partial charge in [-0.3, -0.25) is 4.79 Å². The molecule has 0 radical (unpaired) electrons. The lowest BCUT2D eigenvalue weighted by Gasteiger charge is -2.51. The third-order valence-electron chi connectivity index (χ3n) is 6.42. The van der Waals surface area contributed by atoms with Crippen LogP contribution in [0.3, 0.4) is 0 Å². The van der Waals surface area contributed by atoms with Crippen LogP contribution in [0.25, 0.3) is 0 Å². The van der Waals surface area contributed by atoms with Crippen LogP contribution >= 0.6 is 0 Å². The minimum Gasteiger partial charge on any atom is -0.424 e. The highest BCUT2D eigenvalue weighted by Crippen LogP contribution is 2.40. The molecule has 0 aromatic heterocycles. The summed E-state index contributed by atoms with van der Waals surface area (Å²) in [7, 11) is 0. The second kappa shape index (κ2) is 15.2. The molecular weight excluding hydrogens is 416 g/mol. The van der Waals surface area contributed by atoms with Gasteiger partial charge in [0.1, 0.15) is 12.2 Å². The molecular formula is C24H46O8. The highest BCUT2D eigenvalue weighted by molar-refractivity contribution is 5.70. The summed E-state index contributed by atoms with van der Waals surface area (Å²) in [5.41, 5.74) is 0. The van der Waals surface area contributed by atoms with Gasteiger partial charge in [-0.1, -0.05) is 90.9 Å². The van der Waals surface area contributed by atoms with Crippen LogP contribution in [-0.2, 0) is 14.3 Å². The lowest BCUT2D eigenvalue weighted by Crippen LogP contribution is -2.74. The largest absolute Gasteiger partial charge is 0.424 e. The number of aliphatic hydroxyl groups excluding tert-OH is 3. The Morgan fingerprint density at radius 2 is 1.31 bits per heavy atom. The molecule has 8 heteroatoms. The van der Waals surface area contributed by atoms with Crippen molar-refractivity contribution in [2.45, 2.75) is 140 Å². The molecule has 0 aromatic rings. The number of carbonyl (C=O) groups is 1. The second-order valence-electron chi connectivity index (χ2n) is 9.08. The van der Waals surface area contributed by atoms with Crippen LogP contribution < -0.4 is 0 Å². The highest BCUT2D eigenvalue weighted by Gasteiger charge is 2.65. The Bertz CT molecular complexity index is 516. The Balaban J connectivity index is 2.24. The van der Waals surface area contributed by atoms with E-state index in [1.807, 2.05) is 0 Å². The molecule has 1 saturated heterocycles. The summed E-state index contributed by atoms with van der Waals surface area (Å²) in [4.78, 5) is 12.2. The van der Waals surface area contributed by atoms with E-state index in [1.54, 1.807) is 0 Å². The fraction of sp³-hybridized carbons (Fsp3) is 0.958. The Hall–Kier alpha value is -0.770. The Morgan fingerprint density at radius 3 is 1.75 bits per heavy atom. The zero-order valence-corrected chi connectivity index (χ0v) is 20.0. The molecule has 0 aromatic carbocycles. The summed E-state index contributed by atoms with van der Waals surface area (Å²) in [6, 6.07) is 0. The predicted octanol–water partition coefficient (Wildman–Crippen LogP) is 2.91. The van der Waals surface area contributed by atoms with Gasteiger partial charge in [0, 0.05) is 12.8 Å². The average molecular weight is 463 g/mol. The van der Waals surface area contributed by atoms with Gasteiger partial charge in [0.15, 0.2) is 6.10 Å². The summed E-state index contributed by atoms with van der Waals surface area (Å²) < 4.78 is 10.2. The third-order valence-corrected chi connectivity index (χ3v) is 6.42. The van der Waals surface area contributed by atoms with E-state index in [0.29, 0.717) is 6.42 Å². The molecule has 190 valence electrons. The molecule has 1 rings (SSSR count). The first kappa shape index (κ1) is 29.3. The van der Waals surface area contributed by atoms with E-state index in [1.165, 1.54) is 64.7 Å². The van der Waals surface area contributed by atoms with Crippen molar-refractivity contribution in [1.29, 1.82) is 0 Å². The molecule has 0 amide bonds. The van der Waals surface area contributed by atoms with Crippen LogP contribution in [0, 0.1) is 0 Å². The fourth-order valence-corrected chi connectivity index (χ4v) is 4.20. The molecule has 5 N–H and O–H groups in total. The minimum absolute atomic E-state index is 0.0199. The Kier molecular flexibility index (Phi) is 13.9. The minimum atomic E-state index is -2.82. The molecule has 1 heterocycles. The van der Waals surface area contributed by atoms with Gasteiger partial charge in [-0.05, 0) is 6.42 Å². The van der Waals surface area contributed by atoms with E-state index < -0.39 is 42.5 Å². The van der Waals surface area contributed by atoms with Gasteiger partial charge < -0.3 is 35.0 Å². The molecule has 1 unspecified atom stereocenters. The van der Waals surface area contributed by atoms with Crippen LogP contribution in [-0.4, -0.2) is 68.0 Å². The van der Waals surface area contributed by atoms with Crippen LogP contribution in [0.2, 0.25) is 0 Å². The molecule has 0 spiro atoms. The molecule has 1 aliphatic rings. The Labute approximate surface area is 192 Å². The lowest BCUT2D eigenvalue weighted by molar-refractivity contribution is -0.447. The first-order chi connectivity index (χ1) is 15.3. The number of carbonyl (C=O) groups excluding carboxylic acids is 1. The van der Waals surface area contributed by atoms with Crippen molar-refractivity contribution in [3.05, 3.63) is 0 Å². The first-order valence-electron chi connectivity index (χ1n) is 12.6. The van der Waals surface area contributed by atoms with Crippen molar-refractivity contribution >= 4 is 5.97 Å². The molecule has 0 aliphatic carbocycles. The van der Waals surface area contributed by atoms with Crippen molar-refractivity contribution in [2.75, 3.05) is 6.61 Å². The van der Waals surface area contributed by atoms with Crippen LogP contribution in [0.15, 0.2) is 0 Å². The number of aliphatic hydroxyl groups is 5. The van der Waals surface area contributed by atoms with E-state index in [9.17, 15) is 30.3 Å². The van der Waals surface area contributed by atoms with E-state index >= 15 is 0 Å². The normalized spacial score (nSPS) is 30.4. The van der Waals surface area contributed by atoms with Crippen molar-refractivity contribution in [3.63, 3.8) is 0 Å². The molecule has 0 saturated carbocycles. The summed E-state index contributed by atoms with van der Waals surface area (Å²) in [6.45, 7) is 3.01. The zero-order valence-electron chi connectivity index (χ0n) is 20.0. The monoisotopic (exact) mass is 462 g/mol. The zero-order chi connectivity index (χ0) is 24.0. The maximum absolute atomic E-state index is 12.2. The summed E-state index contributed by atoms with van der Waals surface area (Å²) in [6.07, 6.45) is 9.96. The summed E-state index contributed by atoms with van der Waals surface area (Å²) in [5, 5.41) is 50.8. The number of hydrogen-bond acceptors (Lipinski definition) is 8. The van der Waals surface area contributed by atoms with Gasteiger partial charge in [-0.2, -0.15) is 0 Å². The maximum atomic E-state index is 12.2. The highest BCUT2D eigenvalue weighted by atomic mass is 16.7. The summed E-state index contributed by atoms with van der Waals surface area (Å²) >= 11 is 0. The topological polar surface area (TPSA) is 137 Å². The van der Waals surface area contributed by atoms with E-state index in [2.05, 4.69) is 6.92 Å². The number of esters is 1. The van der Waals surface area contributed by atoms with Crippen molar-refractivity contribution in [2.24, 2.45) is 0 Å². The fourth-order valence-electron chi connectivity index (χ4n) is 4.20. The quantitative estimate of drug-likeness (QED) is 0.126. The van der Waals surface area contributed by atoms with Gasteiger partial charge in [0.2, 0.25) is 5.79 Å². The number of rotatable bonds is 17. The molecule has 8 nitrogen and oxygen atoms in total. The van der Waals surface area contributed by atoms with E-state index in [-0.39, 0.29) is 12.8 Å². The van der Waals surface area contributed by atoms with Crippen molar-refractivity contribution < 1.29 is 39.8 Å². The SMILES string of the molecule is CCCCCCCCCCCCCCCC(=O)O[C@]1(O)[C@@H](O)[C@H](O)[C@@H](CO)OC1(O)CC. The van der Waals surface area contributed by atoms with Gasteiger partial charge in [-0.15, -0.1) is 0 Å². The number of hydrogen-bond donors (Lipinski definition) is 5. The smallest absolute Gasteiger partial charge is 0.308 e. The maximum Gasteiger partial charge on any atom is 0.308 e. The van der Waals surface area contributed by atoms with Gasteiger partial charge in [0.25, 0.3) is 5.79 Å². The van der Waals surface area contributed by atoms with Gasteiger partial charge in [0.05, 0.1) is 6.61 Å². The first-order valence-corrected chi connectivity index (χ1v) is 12.6. The predicted molar refractivity (Wildman–Crippen MR) is 121 cm³/mol. The molecule has 0 bridgehead atoms. The number of ether oxygens (including phenoxy) is 2. The van der Waals surface area contributed by atoms with Crippen molar-refractivity contribution in [1.82, 2.24) is 0 Å². The van der Waals surface area contributed by atoms with Crippen LogP contribution in [0.4, 0.5) is 0 Å². The second-order valence-corrected chi connectivity index (χ2v) is 9.08. The van der Waals surface area contributed by atoms with E-state index in [4.69, 9.17) is 9.47 Å². The Morgan fingerprint density at radius 1 is 0.844 bits per heavy atom. The van der Waals surface area contributed by atoms with Crippen LogP contribution in [0.1, 0.15) is 110 Å². The molecule has 1 aliphatic heterocycles. The molecule has 1 fully saturated rings. The van der Waals surface area contributed by atoms with Gasteiger partial charge in [-0.25, -0.2) is 0 Å². The van der Waals surface area contributed by atoms with Crippen molar-refractivity contribution in [3.8, 4) is 0 Å². The average Bonchev–Trinajstić information content (AvgIpc) is 2.78. The number of unbranched alkanes of at least 4 members (excludes halogenated alkanes) is 12. The van der Waals surface area contributed by atoms with E-state index in [0.717, 1.165) is 19.3 Å². The standard InChI is InChI=1S/C24H46O8/c1-3-5-6-7-8-9-10-11-12-13-14-15-16-17-20(26)32-24(30)22(28)21(27)19(18-25)31-23(24,29)4-2/h19,21-22,25,27-30H,3-18H2,1-2H3/t19-,21-,22+,23?,24-/m1/s1. The van der Waals surface area contributed by atoms with Crippen LogP contribution in [0.5, 0.6) is 0 Å². The lowest BCUT2D eigenvalue weighted by atomic mass is 9.87.